The van der Waals surface area contributed by atoms with Crippen LogP contribution >= 0.6 is 0 Å². The van der Waals surface area contributed by atoms with Crippen molar-refractivity contribution in [2.75, 3.05) is 0 Å². The van der Waals surface area contributed by atoms with Crippen LogP contribution in [-0.4, -0.2) is 35.0 Å². The van der Waals surface area contributed by atoms with Gasteiger partial charge in [0.25, 0.3) is 5.91 Å². The smallest absolute Gasteiger partial charge is 0.306 e. The van der Waals surface area contributed by atoms with Crippen molar-refractivity contribution in [1.29, 1.82) is 0 Å². The summed E-state index contributed by atoms with van der Waals surface area (Å²) < 4.78 is 18.7. The number of carbonyl (C=O) groups is 3. The molecule has 206 valence electrons. The van der Waals surface area contributed by atoms with Crippen LogP contribution in [0.15, 0.2) is 78.9 Å². The average molecular weight is 533 g/mol. The minimum Gasteiger partial charge on any atom is -0.460 e. The molecule has 1 unspecified atom stereocenters. The van der Waals surface area contributed by atoms with Crippen molar-refractivity contribution >= 4 is 17.8 Å². The van der Waals surface area contributed by atoms with Gasteiger partial charge in [0, 0.05) is 17.5 Å². The Balaban J connectivity index is 1.72. The molecular weight excluding hydrogens is 495 g/mol. The topological polar surface area (TPSA) is 84.5 Å². The predicted octanol–water partition coefficient (Wildman–Crippen LogP) is 5.85. The number of carbonyl (C=O) groups excluding carboxylic acids is 3. The van der Waals surface area contributed by atoms with Gasteiger partial charge in [0.2, 0.25) is 5.91 Å². The number of benzene rings is 3. The van der Waals surface area contributed by atoms with Crippen LogP contribution in [0.5, 0.6) is 0 Å². The average Bonchev–Trinajstić information content (AvgIpc) is 2.87. The molecule has 0 heterocycles. The highest BCUT2D eigenvalue weighted by atomic mass is 19.1. The molecule has 3 aromatic rings. The molecule has 7 heteroatoms. The number of nitrogens with one attached hydrogen (secondary N) is 2. The van der Waals surface area contributed by atoms with E-state index in [4.69, 9.17) is 4.74 Å². The van der Waals surface area contributed by atoms with Gasteiger partial charge in [-0.05, 0) is 88.4 Å². The molecule has 39 heavy (non-hydrogen) atoms. The fraction of sp³-hybridized carbons (Fsp3) is 0.344. The molecule has 0 aliphatic carbocycles. The predicted molar refractivity (Wildman–Crippen MR) is 151 cm³/mol. The molecule has 0 aromatic heterocycles. The Hall–Kier alpha value is -4.00. The van der Waals surface area contributed by atoms with Crippen LogP contribution in [0.4, 0.5) is 4.39 Å². The number of rotatable bonds is 10. The summed E-state index contributed by atoms with van der Waals surface area (Å²) in [6.45, 7) is 9.02. The van der Waals surface area contributed by atoms with Crippen molar-refractivity contribution in [3.63, 3.8) is 0 Å². The molecule has 3 aromatic carbocycles. The van der Waals surface area contributed by atoms with E-state index in [0.717, 1.165) is 16.7 Å². The van der Waals surface area contributed by atoms with Gasteiger partial charge in [-0.25, -0.2) is 4.39 Å². The van der Waals surface area contributed by atoms with Crippen molar-refractivity contribution in [2.45, 2.75) is 71.1 Å². The second-order valence-corrected chi connectivity index (χ2v) is 11.3. The van der Waals surface area contributed by atoms with Crippen LogP contribution in [0.1, 0.15) is 63.4 Å². The highest BCUT2D eigenvalue weighted by molar-refractivity contribution is 5.98. The molecule has 0 aliphatic rings. The summed E-state index contributed by atoms with van der Waals surface area (Å²) in [6.07, 6.45) is 0.481. The third-order valence-corrected chi connectivity index (χ3v) is 5.95. The first kappa shape index (κ1) is 29.6. The van der Waals surface area contributed by atoms with Crippen molar-refractivity contribution in [2.24, 2.45) is 0 Å². The van der Waals surface area contributed by atoms with Crippen LogP contribution in [0.2, 0.25) is 0 Å². The molecule has 2 N–H and O–H groups in total. The maximum Gasteiger partial charge on any atom is 0.306 e. The van der Waals surface area contributed by atoms with Crippen LogP contribution < -0.4 is 10.6 Å². The summed E-state index contributed by atoms with van der Waals surface area (Å²) in [5, 5.41) is 5.78. The van der Waals surface area contributed by atoms with E-state index in [-0.39, 0.29) is 18.7 Å². The van der Waals surface area contributed by atoms with Gasteiger partial charge in [-0.2, -0.15) is 0 Å². The maximum absolute atomic E-state index is 13.4. The normalized spacial score (nSPS) is 12.4. The Bertz CT molecular complexity index is 1260. The number of hydrogen-bond acceptors (Lipinski definition) is 4. The zero-order valence-electron chi connectivity index (χ0n) is 23.2. The Morgan fingerprint density at radius 2 is 1.41 bits per heavy atom. The molecule has 0 radical (unpaired) electrons. The van der Waals surface area contributed by atoms with E-state index in [2.05, 4.69) is 10.6 Å². The highest BCUT2D eigenvalue weighted by Crippen LogP contribution is 2.20. The summed E-state index contributed by atoms with van der Waals surface area (Å²) in [5.74, 6) is -1.62. The van der Waals surface area contributed by atoms with Gasteiger partial charge in [0.15, 0.2) is 0 Å². The Morgan fingerprint density at radius 3 is 2.00 bits per heavy atom. The monoisotopic (exact) mass is 532 g/mol. The Labute approximate surface area is 230 Å². The van der Waals surface area contributed by atoms with Gasteiger partial charge in [-0.3, -0.25) is 14.4 Å². The first-order valence-electron chi connectivity index (χ1n) is 13.1. The zero-order valence-corrected chi connectivity index (χ0v) is 23.2. The van der Waals surface area contributed by atoms with Crippen LogP contribution in [0.25, 0.3) is 11.1 Å². The van der Waals surface area contributed by atoms with Crippen molar-refractivity contribution in [1.82, 2.24) is 10.6 Å². The van der Waals surface area contributed by atoms with Gasteiger partial charge in [0.05, 0.1) is 0 Å². The van der Waals surface area contributed by atoms with Gasteiger partial charge in [-0.1, -0.05) is 54.6 Å². The molecule has 0 aliphatic heterocycles. The fourth-order valence-corrected chi connectivity index (χ4v) is 4.19. The highest BCUT2D eigenvalue weighted by Gasteiger charge is 2.29. The molecule has 0 saturated heterocycles. The fourth-order valence-electron chi connectivity index (χ4n) is 4.19. The Morgan fingerprint density at radius 1 is 0.821 bits per heavy atom. The second kappa shape index (κ2) is 12.7. The van der Waals surface area contributed by atoms with Crippen LogP contribution in [0, 0.1) is 5.82 Å². The van der Waals surface area contributed by atoms with Gasteiger partial charge in [-0.15, -0.1) is 0 Å². The van der Waals surface area contributed by atoms with E-state index >= 15 is 0 Å². The maximum atomic E-state index is 13.4. The van der Waals surface area contributed by atoms with E-state index in [1.54, 1.807) is 45.0 Å². The van der Waals surface area contributed by atoms with Gasteiger partial charge < -0.3 is 15.4 Å². The van der Waals surface area contributed by atoms with Crippen molar-refractivity contribution in [3.8, 4) is 11.1 Å². The lowest BCUT2D eigenvalue weighted by molar-refractivity contribution is -0.155. The summed E-state index contributed by atoms with van der Waals surface area (Å²) in [7, 11) is 0. The molecule has 6 nitrogen and oxygen atoms in total. The largest absolute Gasteiger partial charge is 0.460 e. The van der Waals surface area contributed by atoms with E-state index < -0.39 is 35.0 Å². The quantitative estimate of drug-likeness (QED) is 0.321. The number of esters is 1. The lowest BCUT2D eigenvalue weighted by Crippen LogP contribution is -2.54. The number of amides is 2. The molecule has 0 fully saturated rings. The van der Waals surface area contributed by atoms with E-state index in [0.29, 0.717) is 12.0 Å². The number of hydrogen-bond donors (Lipinski definition) is 2. The second-order valence-electron chi connectivity index (χ2n) is 11.3. The molecule has 0 bridgehead atoms. The van der Waals surface area contributed by atoms with Crippen LogP contribution in [-0.2, 0) is 20.7 Å². The molecule has 0 spiro atoms. The summed E-state index contributed by atoms with van der Waals surface area (Å²) in [5.41, 5.74) is 1.90. The van der Waals surface area contributed by atoms with E-state index in [9.17, 15) is 18.8 Å². The molecule has 1 atom stereocenters. The van der Waals surface area contributed by atoms with Gasteiger partial charge in [0.1, 0.15) is 17.5 Å². The number of ether oxygens (including phenoxy) is 1. The van der Waals surface area contributed by atoms with Crippen LogP contribution in [0.3, 0.4) is 0 Å². The minimum atomic E-state index is -0.966. The Kier molecular flexibility index (Phi) is 9.62. The number of halogens is 1. The first-order chi connectivity index (χ1) is 18.3. The summed E-state index contributed by atoms with van der Waals surface area (Å²) in [6, 6.07) is 22.0. The van der Waals surface area contributed by atoms with Gasteiger partial charge >= 0.3 is 5.97 Å². The van der Waals surface area contributed by atoms with Crippen molar-refractivity contribution in [3.05, 3.63) is 95.8 Å². The molecular formula is C32H37FN2O4. The SMILES string of the molecule is CC(C)(Cc1ccc(F)cc1)NC(=O)C(CCC(=O)OC(C)(C)C)NC(=O)c1ccc(-c2ccccc2)cc1. The first-order valence-corrected chi connectivity index (χ1v) is 13.1. The lowest BCUT2D eigenvalue weighted by atomic mass is 9.94. The third-order valence-electron chi connectivity index (χ3n) is 5.95. The standard InChI is InChI=1S/C32H37FN2O4/c1-31(2,3)39-28(36)20-19-27(30(38)35-32(4,5)21-22-11-17-26(33)18-12-22)34-29(37)25-15-13-24(14-16-25)23-9-7-6-8-10-23/h6-18,27H,19-21H2,1-5H3,(H,34,37)(H,35,38). The van der Waals surface area contributed by atoms with Crippen molar-refractivity contribution < 1.29 is 23.5 Å². The van der Waals surface area contributed by atoms with E-state index in [1.807, 2.05) is 56.3 Å². The summed E-state index contributed by atoms with van der Waals surface area (Å²) in [4.78, 5) is 38.9. The molecule has 3 rings (SSSR count). The molecule has 0 saturated carbocycles. The third kappa shape index (κ3) is 9.67. The molecule has 2 amide bonds. The minimum absolute atomic E-state index is 0.0407. The summed E-state index contributed by atoms with van der Waals surface area (Å²) >= 11 is 0. The van der Waals surface area contributed by atoms with E-state index in [1.165, 1.54) is 12.1 Å². The lowest BCUT2D eigenvalue weighted by Gasteiger charge is -2.29. The zero-order chi connectivity index (χ0) is 28.6.